The molecule has 3 rings (SSSR count). The first-order chi connectivity index (χ1) is 14.0. The van der Waals surface area contributed by atoms with Crippen molar-refractivity contribution >= 4 is 44.2 Å². The number of anilines is 1. The van der Waals surface area contributed by atoms with Crippen LogP contribution in [0.15, 0.2) is 65.1 Å². The van der Waals surface area contributed by atoms with Gasteiger partial charge in [0.1, 0.15) is 5.75 Å². The fourth-order valence-electron chi connectivity index (χ4n) is 3.02. The highest BCUT2D eigenvalue weighted by molar-refractivity contribution is 9.10. The third-order valence-electron chi connectivity index (χ3n) is 4.66. The summed E-state index contributed by atoms with van der Waals surface area (Å²) in [6.45, 7) is 1.84. The maximum atomic E-state index is 12.4. The Morgan fingerprint density at radius 1 is 1.03 bits per heavy atom. The molecule has 150 valence electrons. The van der Waals surface area contributed by atoms with Gasteiger partial charge in [0.15, 0.2) is 6.61 Å². The van der Waals surface area contributed by atoms with E-state index in [4.69, 9.17) is 4.74 Å². The fourth-order valence-corrected chi connectivity index (χ4v) is 3.63. The summed E-state index contributed by atoms with van der Waals surface area (Å²) in [6.07, 6.45) is 0.819. The van der Waals surface area contributed by atoms with Crippen molar-refractivity contribution in [2.24, 2.45) is 0 Å². The molecule has 0 saturated carbocycles. The molecule has 0 unspecified atom stereocenters. The molecule has 0 aliphatic heterocycles. The number of hydrogen-bond donors (Lipinski definition) is 1. The van der Waals surface area contributed by atoms with Gasteiger partial charge in [0.2, 0.25) is 5.91 Å². The van der Waals surface area contributed by atoms with Crippen LogP contribution in [-0.4, -0.2) is 36.9 Å². The van der Waals surface area contributed by atoms with Gasteiger partial charge in [-0.1, -0.05) is 55.5 Å². The van der Waals surface area contributed by atoms with Crippen LogP contribution in [0.25, 0.3) is 10.8 Å². The predicted molar refractivity (Wildman–Crippen MR) is 119 cm³/mol. The monoisotopic (exact) mass is 454 g/mol. The van der Waals surface area contributed by atoms with Gasteiger partial charge in [-0.3, -0.25) is 9.59 Å². The minimum Gasteiger partial charge on any atom is -0.483 e. The van der Waals surface area contributed by atoms with Crippen molar-refractivity contribution in [2.75, 3.05) is 25.5 Å². The molecule has 0 aromatic heterocycles. The minimum absolute atomic E-state index is 0.0425. The number of fused-ring (bicyclic) bond motifs is 1. The Morgan fingerprint density at radius 3 is 2.55 bits per heavy atom. The Balaban J connectivity index is 1.57. The second-order valence-corrected chi connectivity index (χ2v) is 7.49. The molecule has 3 aromatic carbocycles. The van der Waals surface area contributed by atoms with Crippen molar-refractivity contribution < 1.29 is 14.3 Å². The lowest BCUT2D eigenvalue weighted by atomic mass is 10.1. The first kappa shape index (κ1) is 20.9. The van der Waals surface area contributed by atoms with Crippen molar-refractivity contribution in [1.29, 1.82) is 0 Å². The van der Waals surface area contributed by atoms with Gasteiger partial charge in [-0.2, -0.15) is 0 Å². The second-order valence-electron chi connectivity index (χ2n) is 6.70. The van der Waals surface area contributed by atoms with Crippen molar-refractivity contribution in [1.82, 2.24) is 4.90 Å². The van der Waals surface area contributed by atoms with Crippen LogP contribution >= 0.6 is 15.9 Å². The summed E-state index contributed by atoms with van der Waals surface area (Å²) in [6, 6.07) is 19.3. The maximum Gasteiger partial charge on any atom is 0.260 e. The number of hydrogen-bond acceptors (Lipinski definition) is 3. The van der Waals surface area contributed by atoms with Crippen molar-refractivity contribution in [3.8, 4) is 5.75 Å². The normalized spacial score (nSPS) is 10.6. The van der Waals surface area contributed by atoms with Crippen LogP contribution in [0.5, 0.6) is 5.75 Å². The number of benzene rings is 3. The number of aryl methyl sites for hydroxylation is 1. The molecule has 0 saturated heterocycles. The van der Waals surface area contributed by atoms with Crippen molar-refractivity contribution in [3.63, 3.8) is 0 Å². The summed E-state index contributed by atoms with van der Waals surface area (Å²) in [4.78, 5) is 26.1. The lowest BCUT2D eigenvalue weighted by molar-refractivity contribution is -0.135. The van der Waals surface area contributed by atoms with Crippen LogP contribution in [0.3, 0.4) is 0 Å². The van der Waals surface area contributed by atoms with E-state index in [2.05, 4.69) is 21.2 Å². The summed E-state index contributed by atoms with van der Waals surface area (Å²) >= 11 is 3.55. The second kappa shape index (κ2) is 9.56. The highest BCUT2D eigenvalue weighted by Gasteiger charge is 2.15. The standard InChI is InChI=1S/C23H23BrN2O3/c1-3-16-8-5-7-11-19(16)25-21(27)14-26(2)22(28)15-29-20-13-12-17-9-4-6-10-18(17)23(20)24/h4-13H,3,14-15H2,1-2H3,(H,25,27). The number of ether oxygens (including phenoxy) is 1. The van der Waals surface area contributed by atoms with E-state index in [0.29, 0.717) is 5.75 Å². The molecule has 1 N–H and O–H groups in total. The molecule has 0 spiro atoms. The molecule has 0 atom stereocenters. The van der Waals surface area contributed by atoms with Gasteiger partial charge >= 0.3 is 0 Å². The summed E-state index contributed by atoms with van der Waals surface area (Å²) in [5.41, 5.74) is 1.83. The number of carbonyl (C=O) groups is 2. The van der Waals surface area contributed by atoms with E-state index in [-0.39, 0.29) is 25.0 Å². The molecule has 0 aliphatic rings. The Bertz CT molecular complexity index is 1040. The zero-order valence-corrected chi connectivity index (χ0v) is 18.0. The van der Waals surface area contributed by atoms with E-state index in [1.54, 1.807) is 7.05 Å². The average molecular weight is 455 g/mol. The van der Waals surface area contributed by atoms with Crippen LogP contribution in [0, 0.1) is 0 Å². The zero-order valence-electron chi connectivity index (χ0n) is 16.4. The highest BCUT2D eigenvalue weighted by atomic mass is 79.9. The zero-order chi connectivity index (χ0) is 20.8. The van der Waals surface area contributed by atoms with Gasteiger partial charge in [0.25, 0.3) is 5.91 Å². The number of amides is 2. The van der Waals surface area contributed by atoms with Gasteiger partial charge in [-0.25, -0.2) is 0 Å². The third-order valence-corrected chi connectivity index (χ3v) is 5.48. The third kappa shape index (κ3) is 5.15. The number of para-hydroxylation sites is 1. The number of halogens is 1. The lowest BCUT2D eigenvalue weighted by Gasteiger charge is -2.18. The topological polar surface area (TPSA) is 58.6 Å². The van der Waals surface area contributed by atoms with Crippen LogP contribution < -0.4 is 10.1 Å². The van der Waals surface area contributed by atoms with E-state index in [1.807, 2.05) is 67.6 Å². The van der Waals surface area contributed by atoms with Gasteiger partial charge in [-0.05, 0) is 50.8 Å². The smallest absolute Gasteiger partial charge is 0.260 e. The predicted octanol–water partition coefficient (Wildman–Crippen LogP) is 4.64. The minimum atomic E-state index is -0.274. The summed E-state index contributed by atoms with van der Waals surface area (Å²) < 4.78 is 6.50. The van der Waals surface area contributed by atoms with Crippen LogP contribution in [0.1, 0.15) is 12.5 Å². The average Bonchev–Trinajstić information content (AvgIpc) is 2.73. The van der Waals surface area contributed by atoms with Crippen LogP contribution in [0.2, 0.25) is 0 Å². The van der Waals surface area contributed by atoms with Gasteiger partial charge < -0.3 is 15.0 Å². The fraction of sp³-hybridized carbons (Fsp3) is 0.217. The Kier molecular flexibility index (Phi) is 6.88. The molecule has 2 amide bonds. The molecular formula is C23H23BrN2O3. The Hall–Kier alpha value is -2.86. The maximum absolute atomic E-state index is 12.4. The number of likely N-dealkylation sites (N-methyl/N-ethyl adjacent to an activating group) is 1. The largest absolute Gasteiger partial charge is 0.483 e. The quantitative estimate of drug-likeness (QED) is 0.565. The number of nitrogens with zero attached hydrogens (tertiary/aromatic N) is 1. The molecule has 0 aliphatic carbocycles. The van der Waals surface area contributed by atoms with Gasteiger partial charge in [0, 0.05) is 12.7 Å². The summed E-state index contributed by atoms with van der Waals surface area (Å²) in [5.74, 6) is 0.0735. The Labute approximate surface area is 178 Å². The summed E-state index contributed by atoms with van der Waals surface area (Å²) in [5, 5.41) is 4.97. The van der Waals surface area contributed by atoms with Crippen molar-refractivity contribution in [2.45, 2.75) is 13.3 Å². The van der Waals surface area contributed by atoms with Crippen molar-refractivity contribution in [3.05, 3.63) is 70.7 Å². The molecule has 6 heteroatoms. The van der Waals surface area contributed by atoms with Crippen LogP contribution in [0.4, 0.5) is 5.69 Å². The van der Waals surface area contributed by atoms with E-state index < -0.39 is 0 Å². The van der Waals surface area contributed by atoms with E-state index >= 15 is 0 Å². The molecule has 0 bridgehead atoms. The van der Waals surface area contributed by atoms with Crippen LogP contribution in [-0.2, 0) is 16.0 Å². The Morgan fingerprint density at radius 2 is 1.76 bits per heavy atom. The van der Waals surface area contributed by atoms with E-state index in [1.165, 1.54) is 4.90 Å². The SMILES string of the molecule is CCc1ccccc1NC(=O)CN(C)C(=O)COc1ccc2ccccc2c1Br. The molecule has 0 fully saturated rings. The molecule has 5 nitrogen and oxygen atoms in total. The molecule has 3 aromatic rings. The first-order valence-corrected chi connectivity index (χ1v) is 10.2. The van der Waals surface area contributed by atoms with Gasteiger partial charge in [-0.15, -0.1) is 0 Å². The number of rotatable bonds is 7. The molecule has 0 radical (unpaired) electrons. The highest BCUT2D eigenvalue weighted by Crippen LogP contribution is 2.33. The molecule has 0 heterocycles. The number of carbonyl (C=O) groups excluding carboxylic acids is 2. The lowest BCUT2D eigenvalue weighted by Crippen LogP contribution is -2.37. The van der Waals surface area contributed by atoms with Gasteiger partial charge in [0.05, 0.1) is 11.0 Å². The van der Waals surface area contributed by atoms with E-state index in [9.17, 15) is 9.59 Å². The molecule has 29 heavy (non-hydrogen) atoms. The number of nitrogens with one attached hydrogen (secondary N) is 1. The van der Waals surface area contributed by atoms with E-state index in [0.717, 1.165) is 32.9 Å². The first-order valence-electron chi connectivity index (χ1n) is 9.41. The summed E-state index contributed by atoms with van der Waals surface area (Å²) in [7, 11) is 1.59. The molecular weight excluding hydrogens is 432 g/mol.